The first kappa shape index (κ1) is 12.1. The standard InChI is InChI=1S/C10H10FNO4/c11-7-3-1-2-6(4-7)9(14)12-8(5-13)10(15)16/h1-4,8,13H,5H2,(H,12,14)(H,15,16)/t8-/m0/s1. The number of carboxylic acid groups (broad SMARTS) is 1. The van der Waals surface area contributed by atoms with E-state index in [0.717, 1.165) is 12.1 Å². The Morgan fingerprint density at radius 3 is 2.62 bits per heavy atom. The van der Waals surface area contributed by atoms with Crippen LogP contribution in [0.5, 0.6) is 0 Å². The van der Waals surface area contributed by atoms with Gasteiger partial charge in [-0.25, -0.2) is 9.18 Å². The summed E-state index contributed by atoms with van der Waals surface area (Å²) in [5.41, 5.74) is -0.000278. The molecule has 0 spiro atoms. The zero-order valence-corrected chi connectivity index (χ0v) is 8.18. The minimum Gasteiger partial charge on any atom is -0.480 e. The number of rotatable bonds is 4. The number of carbonyl (C=O) groups is 2. The van der Waals surface area contributed by atoms with Crippen molar-refractivity contribution in [1.29, 1.82) is 0 Å². The van der Waals surface area contributed by atoms with E-state index >= 15 is 0 Å². The Balaban J connectivity index is 2.75. The van der Waals surface area contributed by atoms with Gasteiger partial charge in [-0.15, -0.1) is 0 Å². The Labute approximate surface area is 90.5 Å². The molecular weight excluding hydrogens is 217 g/mol. The van der Waals surface area contributed by atoms with Gasteiger partial charge in [0, 0.05) is 5.56 Å². The minimum atomic E-state index is -1.39. The van der Waals surface area contributed by atoms with Gasteiger partial charge in [0.05, 0.1) is 6.61 Å². The number of nitrogens with one attached hydrogen (secondary N) is 1. The van der Waals surface area contributed by atoms with E-state index in [4.69, 9.17) is 10.2 Å². The monoisotopic (exact) mass is 227 g/mol. The Bertz CT molecular complexity index is 408. The molecule has 16 heavy (non-hydrogen) atoms. The first-order valence-corrected chi connectivity index (χ1v) is 4.44. The minimum absolute atomic E-state index is 0.000278. The number of carbonyl (C=O) groups excluding carboxylic acids is 1. The van der Waals surface area contributed by atoms with E-state index < -0.39 is 30.3 Å². The van der Waals surface area contributed by atoms with Crippen molar-refractivity contribution < 1.29 is 24.2 Å². The van der Waals surface area contributed by atoms with E-state index in [-0.39, 0.29) is 5.56 Å². The Morgan fingerprint density at radius 2 is 2.12 bits per heavy atom. The van der Waals surface area contributed by atoms with Crippen molar-refractivity contribution >= 4 is 11.9 Å². The normalized spacial score (nSPS) is 11.9. The van der Waals surface area contributed by atoms with Crippen molar-refractivity contribution in [2.45, 2.75) is 6.04 Å². The molecule has 86 valence electrons. The molecule has 0 aliphatic carbocycles. The van der Waals surface area contributed by atoms with Crippen LogP contribution >= 0.6 is 0 Å². The first-order chi connectivity index (χ1) is 7.54. The zero-order valence-electron chi connectivity index (χ0n) is 8.18. The molecule has 1 rings (SSSR count). The molecule has 0 bridgehead atoms. The molecule has 1 atom stereocenters. The lowest BCUT2D eigenvalue weighted by Gasteiger charge is -2.11. The number of benzene rings is 1. The molecule has 0 fully saturated rings. The van der Waals surface area contributed by atoms with Crippen LogP contribution in [0.25, 0.3) is 0 Å². The third kappa shape index (κ3) is 3.03. The fraction of sp³-hybridized carbons (Fsp3) is 0.200. The summed E-state index contributed by atoms with van der Waals surface area (Å²) in [7, 11) is 0. The van der Waals surface area contributed by atoms with Gasteiger partial charge in [0.1, 0.15) is 5.82 Å². The molecule has 0 radical (unpaired) electrons. The molecule has 0 heterocycles. The van der Waals surface area contributed by atoms with Crippen molar-refractivity contribution in [3.63, 3.8) is 0 Å². The van der Waals surface area contributed by atoms with Crippen molar-refractivity contribution in [1.82, 2.24) is 5.32 Å². The quantitative estimate of drug-likeness (QED) is 0.675. The predicted molar refractivity (Wildman–Crippen MR) is 52.4 cm³/mol. The average molecular weight is 227 g/mol. The van der Waals surface area contributed by atoms with Crippen LogP contribution in [0.4, 0.5) is 4.39 Å². The largest absolute Gasteiger partial charge is 0.480 e. The number of halogens is 1. The maximum Gasteiger partial charge on any atom is 0.328 e. The van der Waals surface area contributed by atoms with Gasteiger partial charge in [-0.1, -0.05) is 6.07 Å². The highest BCUT2D eigenvalue weighted by Gasteiger charge is 2.19. The van der Waals surface area contributed by atoms with Crippen LogP contribution in [0, 0.1) is 5.82 Å². The highest BCUT2D eigenvalue weighted by Crippen LogP contribution is 2.03. The molecule has 0 unspecified atom stereocenters. The fourth-order valence-electron chi connectivity index (χ4n) is 1.06. The fourth-order valence-corrected chi connectivity index (χ4v) is 1.06. The number of amides is 1. The Kier molecular flexibility index (Phi) is 3.96. The van der Waals surface area contributed by atoms with Crippen LogP contribution in [-0.4, -0.2) is 34.7 Å². The summed E-state index contributed by atoms with van der Waals surface area (Å²) in [5, 5.41) is 19.3. The smallest absolute Gasteiger partial charge is 0.328 e. The topological polar surface area (TPSA) is 86.6 Å². The molecule has 0 aliphatic heterocycles. The molecule has 0 saturated heterocycles. The molecular formula is C10H10FNO4. The second kappa shape index (κ2) is 5.22. The van der Waals surface area contributed by atoms with Gasteiger partial charge in [-0.2, -0.15) is 0 Å². The van der Waals surface area contributed by atoms with E-state index in [1.807, 2.05) is 0 Å². The van der Waals surface area contributed by atoms with Gasteiger partial charge in [-0.05, 0) is 18.2 Å². The van der Waals surface area contributed by atoms with Gasteiger partial charge < -0.3 is 15.5 Å². The van der Waals surface area contributed by atoms with Crippen LogP contribution in [-0.2, 0) is 4.79 Å². The molecule has 5 nitrogen and oxygen atoms in total. The van der Waals surface area contributed by atoms with E-state index in [1.165, 1.54) is 12.1 Å². The highest BCUT2D eigenvalue weighted by atomic mass is 19.1. The number of hydrogen-bond acceptors (Lipinski definition) is 3. The van der Waals surface area contributed by atoms with E-state index in [0.29, 0.717) is 0 Å². The molecule has 3 N–H and O–H groups in total. The van der Waals surface area contributed by atoms with Crippen LogP contribution in [0.3, 0.4) is 0 Å². The summed E-state index contributed by atoms with van der Waals surface area (Å²) in [4.78, 5) is 21.9. The summed E-state index contributed by atoms with van der Waals surface area (Å²) >= 11 is 0. The van der Waals surface area contributed by atoms with Crippen molar-refractivity contribution in [2.75, 3.05) is 6.61 Å². The number of aliphatic carboxylic acids is 1. The summed E-state index contributed by atoms with van der Waals surface area (Å²) in [6.07, 6.45) is 0. The van der Waals surface area contributed by atoms with Gasteiger partial charge in [0.25, 0.3) is 5.91 Å². The zero-order chi connectivity index (χ0) is 12.1. The molecule has 1 amide bonds. The number of hydrogen-bond donors (Lipinski definition) is 3. The van der Waals surface area contributed by atoms with Gasteiger partial charge in [0.15, 0.2) is 6.04 Å². The third-order valence-electron chi connectivity index (χ3n) is 1.87. The van der Waals surface area contributed by atoms with Crippen LogP contribution in [0.15, 0.2) is 24.3 Å². The third-order valence-corrected chi connectivity index (χ3v) is 1.87. The Hall–Kier alpha value is -1.95. The van der Waals surface area contributed by atoms with E-state index in [9.17, 15) is 14.0 Å². The number of carboxylic acids is 1. The maximum absolute atomic E-state index is 12.8. The summed E-state index contributed by atoms with van der Waals surface area (Å²) in [6.45, 7) is -0.726. The first-order valence-electron chi connectivity index (χ1n) is 4.44. The van der Waals surface area contributed by atoms with E-state index in [1.54, 1.807) is 0 Å². The highest BCUT2D eigenvalue weighted by molar-refractivity contribution is 5.96. The van der Waals surface area contributed by atoms with Gasteiger partial charge >= 0.3 is 5.97 Å². The van der Waals surface area contributed by atoms with Gasteiger partial charge in [-0.3, -0.25) is 4.79 Å². The lowest BCUT2D eigenvalue weighted by atomic mass is 10.2. The lowest BCUT2D eigenvalue weighted by Crippen LogP contribution is -2.43. The van der Waals surface area contributed by atoms with Crippen LogP contribution < -0.4 is 5.32 Å². The SMILES string of the molecule is O=C(N[C@@H](CO)C(=O)O)c1cccc(F)c1. The van der Waals surface area contributed by atoms with Gasteiger partial charge in [0.2, 0.25) is 0 Å². The second-order valence-electron chi connectivity index (χ2n) is 3.06. The predicted octanol–water partition coefficient (Wildman–Crippen LogP) is 0.001000. The number of aliphatic hydroxyl groups is 1. The average Bonchev–Trinajstić information content (AvgIpc) is 2.25. The van der Waals surface area contributed by atoms with Crippen molar-refractivity contribution in [3.8, 4) is 0 Å². The summed E-state index contributed by atoms with van der Waals surface area (Å²) in [6, 6.07) is 3.42. The molecule has 0 aromatic heterocycles. The molecule has 1 aromatic carbocycles. The van der Waals surface area contributed by atoms with Crippen LogP contribution in [0.1, 0.15) is 10.4 Å². The molecule has 6 heteroatoms. The molecule has 0 aliphatic rings. The molecule has 1 aromatic rings. The Morgan fingerprint density at radius 1 is 1.44 bits per heavy atom. The summed E-state index contributed by atoms with van der Waals surface area (Å²) in [5.74, 6) is -2.70. The lowest BCUT2D eigenvalue weighted by molar-refractivity contribution is -0.140. The van der Waals surface area contributed by atoms with E-state index in [2.05, 4.69) is 5.32 Å². The van der Waals surface area contributed by atoms with Crippen LogP contribution in [0.2, 0.25) is 0 Å². The van der Waals surface area contributed by atoms with Crippen molar-refractivity contribution in [2.24, 2.45) is 0 Å². The second-order valence-corrected chi connectivity index (χ2v) is 3.06. The van der Waals surface area contributed by atoms with Crippen molar-refractivity contribution in [3.05, 3.63) is 35.6 Å². The summed E-state index contributed by atoms with van der Waals surface area (Å²) < 4.78 is 12.8. The number of aliphatic hydroxyl groups excluding tert-OH is 1. The maximum atomic E-state index is 12.8. The molecule has 0 saturated carbocycles.